The minimum absolute atomic E-state index is 0.143. The van der Waals surface area contributed by atoms with Gasteiger partial charge in [0.25, 0.3) is 0 Å². The standard InChI is InChI=1S/C17H27FN2/c1-3-8-17(9-11-19-12-10-17)14-20(4-2)16-7-5-6-15(18)13-16/h5-7,13,19H,3-4,8-12,14H2,1-2H3. The monoisotopic (exact) mass is 278 g/mol. The lowest BCUT2D eigenvalue weighted by molar-refractivity contribution is 0.188. The third-order valence-electron chi connectivity index (χ3n) is 4.53. The second-order valence-corrected chi connectivity index (χ2v) is 5.99. The van der Waals surface area contributed by atoms with Gasteiger partial charge in [0.2, 0.25) is 0 Å². The molecule has 1 fully saturated rings. The zero-order valence-corrected chi connectivity index (χ0v) is 12.8. The van der Waals surface area contributed by atoms with Crippen LogP contribution in [0.4, 0.5) is 10.1 Å². The van der Waals surface area contributed by atoms with E-state index in [1.807, 2.05) is 12.1 Å². The largest absolute Gasteiger partial charge is 0.371 e. The summed E-state index contributed by atoms with van der Waals surface area (Å²) >= 11 is 0. The Balaban J connectivity index is 2.14. The maximum absolute atomic E-state index is 13.4. The lowest BCUT2D eigenvalue weighted by Crippen LogP contribution is -2.45. The number of piperidine rings is 1. The first-order chi connectivity index (χ1) is 9.69. The van der Waals surface area contributed by atoms with Gasteiger partial charge in [-0.3, -0.25) is 0 Å². The second kappa shape index (κ2) is 7.07. The van der Waals surface area contributed by atoms with E-state index in [0.29, 0.717) is 5.41 Å². The van der Waals surface area contributed by atoms with Crippen molar-refractivity contribution in [3.8, 4) is 0 Å². The Morgan fingerprint density at radius 2 is 2.00 bits per heavy atom. The maximum atomic E-state index is 13.4. The van der Waals surface area contributed by atoms with Crippen molar-refractivity contribution in [1.82, 2.24) is 5.32 Å². The Labute approximate surface area is 122 Å². The van der Waals surface area contributed by atoms with E-state index in [1.165, 1.54) is 31.7 Å². The van der Waals surface area contributed by atoms with Crippen LogP contribution in [0, 0.1) is 11.2 Å². The molecule has 0 atom stereocenters. The van der Waals surface area contributed by atoms with Crippen molar-refractivity contribution in [2.24, 2.45) is 5.41 Å². The van der Waals surface area contributed by atoms with Crippen LogP contribution in [0.2, 0.25) is 0 Å². The summed E-state index contributed by atoms with van der Waals surface area (Å²) in [5.41, 5.74) is 1.41. The number of anilines is 1. The minimum Gasteiger partial charge on any atom is -0.371 e. The van der Waals surface area contributed by atoms with Crippen molar-refractivity contribution >= 4 is 5.69 Å². The predicted octanol–water partition coefficient (Wildman–Crippen LogP) is 3.82. The van der Waals surface area contributed by atoms with Gasteiger partial charge in [0.1, 0.15) is 5.82 Å². The van der Waals surface area contributed by atoms with E-state index in [9.17, 15) is 4.39 Å². The molecule has 1 aromatic rings. The number of hydrogen-bond acceptors (Lipinski definition) is 2. The third kappa shape index (κ3) is 3.72. The van der Waals surface area contributed by atoms with Gasteiger partial charge < -0.3 is 10.2 Å². The van der Waals surface area contributed by atoms with E-state index in [1.54, 1.807) is 6.07 Å². The highest BCUT2D eigenvalue weighted by molar-refractivity contribution is 5.46. The van der Waals surface area contributed by atoms with E-state index < -0.39 is 0 Å². The fraction of sp³-hybridized carbons (Fsp3) is 0.647. The van der Waals surface area contributed by atoms with Gasteiger partial charge in [0.15, 0.2) is 0 Å². The van der Waals surface area contributed by atoms with E-state index in [2.05, 4.69) is 24.1 Å². The maximum Gasteiger partial charge on any atom is 0.125 e. The molecule has 1 N–H and O–H groups in total. The number of nitrogens with one attached hydrogen (secondary N) is 1. The molecule has 20 heavy (non-hydrogen) atoms. The lowest BCUT2D eigenvalue weighted by atomic mass is 9.75. The lowest BCUT2D eigenvalue weighted by Gasteiger charge is -2.42. The zero-order valence-electron chi connectivity index (χ0n) is 12.8. The molecule has 112 valence electrons. The Kier molecular flexibility index (Phi) is 5.41. The molecule has 1 aliphatic heterocycles. The van der Waals surface area contributed by atoms with E-state index in [4.69, 9.17) is 0 Å². The molecule has 3 heteroatoms. The van der Waals surface area contributed by atoms with Gasteiger partial charge in [-0.1, -0.05) is 19.4 Å². The van der Waals surface area contributed by atoms with Gasteiger partial charge >= 0.3 is 0 Å². The van der Waals surface area contributed by atoms with Gasteiger partial charge in [0, 0.05) is 18.8 Å². The zero-order chi connectivity index (χ0) is 14.4. The first-order valence-electron chi connectivity index (χ1n) is 7.90. The van der Waals surface area contributed by atoms with Crippen LogP contribution in [0.1, 0.15) is 39.5 Å². The van der Waals surface area contributed by atoms with Crippen LogP contribution in [0.25, 0.3) is 0 Å². The van der Waals surface area contributed by atoms with Crippen LogP contribution < -0.4 is 10.2 Å². The molecule has 0 radical (unpaired) electrons. The first kappa shape index (κ1) is 15.3. The fourth-order valence-electron chi connectivity index (χ4n) is 3.44. The molecule has 2 nitrogen and oxygen atoms in total. The first-order valence-corrected chi connectivity index (χ1v) is 7.90. The molecule has 0 saturated carbocycles. The van der Waals surface area contributed by atoms with Crippen LogP contribution in [0.3, 0.4) is 0 Å². The van der Waals surface area contributed by atoms with Crippen LogP contribution in [0.15, 0.2) is 24.3 Å². The number of hydrogen-bond donors (Lipinski definition) is 1. The molecule has 1 heterocycles. The molecule has 0 spiro atoms. The highest BCUT2D eigenvalue weighted by Crippen LogP contribution is 2.36. The number of nitrogens with zero attached hydrogens (tertiary/aromatic N) is 1. The Morgan fingerprint density at radius 1 is 1.25 bits per heavy atom. The molecule has 1 saturated heterocycles. The SMILES string of the molecule is CCCC1(CN(CC)c2cccc(F)c2)CCNCC1. The highest BCUT2D eigenvalue weighted by Gasteiger charge is 2.32. The fourth-order valence-corrected chi connectivity index (χ4v) is 3.44. The van der Waals surface area contributed by atoms with Crippen LogP contribution in [0.5, 0.6) is 0 Å². The van der Waals surface area contributed by atoms with Crippen molar-refractivity contribution in [2.45, 2.75) is 39.5 Å². The van der Waals surface area contributed by atoms with Crippen molar-refractivity contribution in [1.29, 1.82) is 0 Å². The van der Waals surface area contributed by atoms with Crippen LogP contribution in [-0.2, 0) is 0 Å². The van der Waals surface area contributed by atoms with Gasteiger partial charge in [-0.2, -0.15) is 0 Å². The number of benzene rings is 1. The highest BCUT2D eigenvalue weighted by atomic mass is 19.1. The number of rotatable bonds is 6. The van der Waals surface area contributed by atoms with E-state index >= 15 is 0 Å². The molecular weight excluding hydrogens is 251 g/mol. The molecule has 0 aliphatic carbocycles. The van der Waals surface area contributed by atoms with E-state index in [0.717, 1.165) is 31.9 Å². The molecule has 0 unspecified atom stereocenters. The summed E-state index contributed by atoms with van der Waals surface area (Å²) in [5.74, 6) is -0.143. The topological polar surface area (TPSA) is 15.3 Å². The average Bonchev–Trinajstić information content (AvgIpc) is 2.46. The van der Waals surface area contributed by atoms with E-state index in [-0.39, 0.29) is 5.82 Å². The van der Waals surface area contributed by atoms with Gasteiger partial charge in [-0.15, -0.1) is 0 Å². The number of halogens is 1. The summed E-state index contributed by atoms with van der Waals surface area (Å²) in [4.78, 5) is 2.34. The van der Waals surface area contributed by atoms with Crippen molar-refractivity contribution in [3.63, 3.8) is 0 Å². The molecular formula is C17H27FN2. The molecule has 1 aliphatic rings. The quantitative estimate of drug-likeness (QED) is 0.851. The minimum atomic E-state index is -0.143. The molecule has 0 bridgehead atoms. The summed E-state index contributed by atoms with van der Waals surface area (Å²) in [6.07, 6.45) is 4.94. The van der Waals surface area contributed by atoms with Crippen molar-refractivity contribution < 1.29 is 4.39 Å². The van der Waals surface area contributed by atoms with Crippen LogP contribution >= 0.6 is 0 Å². The van der Waals surface area contributed by atoms with Crippen LogP contribution in [-0.4, -0.2) is 26.2 Å². The van der Waals surface area contributed by atoms with Gasteiger partial charge in [-0.25, -0.2) is 4.39 Å². The summed E-state index contributed by atoms with van der Waals surface area (Å²) < 4.78 is 13.4. The molecule has 1 aromatic carbocycles. The predicted molar refractivity (Wildman–Crippen MR) is 83.7 cm³/mol. The molecule has 2 rings (SSSR count). The van der Waals surface area contributed by atoms with Crippen molar-refractivity contribution in [2.75, 3.05) is 31.1 Å². The summed E-state index contributed by atoms with van der Waals surface area (Å²) in [7, 11) is 0. The summed E-state index contributed by atoms with van der Waals surface area (Å²) in [6, 6.07) is 7.00. The Hall–Kier alpha value is -1.09. The normalized spacial score (nSPS) is 17.9. The summed E-state index contributed by atoms with van der Waals surface area (Å²) in [6.45, 7) is 8.63. The molecule has 0 amide bonds. The van der Waals surface area contributed by atoms with Crippen molar-refractivity contribution in [3.05, 3.63) is 30.1 Å². The Bertz CT molecular complexity index is 408. The Morgan fingerprint density at radius 3 is 2.60 bits per heavy atom. The smallest absolute Gasteiger partial charge is 0.125 e. The second-order valence-electron chi connectivity index (χ2n) is 5.99. The third-order valence-corrected chi connectivity index (χ3v) is 4.53. The van der Waals surface area contributed by atoms with Gasteiger partial charge in [-0.05, 0) is 62.9 Å². The summed E-state index contributed by atoms with van der Waals surface area (Å²) in [5, 5.41) is 3.46. The average molecular weight is 278 g/mol. The van der Waals surface area contributed by atoms with Gasteiger partial charge in [0.05, 0.1) is 0 Å². The molecule has 0 aromatic heterocycles.